The average molecular weight is 371 g/mol. The zero-order valence-electron chi connectivity index (χ0n) is 15.0. The molecule has 0 aromatic carbocycles. The van der Waals surface area contributed by atoms with Crippen LogP contribution in [0.4, 0.5) is 5.82 Å². The molecule has 2 N–H and O–H groups in total. The topological polar surface area (TPSA) is 102 Å². The van der Waals surface area contributed by atoms with E-state index in [2.05, 4.69) is 20.1 Å². The first-order chi connectivity index (χ1) is 13.7. The molecule has 5 heterocycles. The number of carbonyl (C=O) groups excluding carboxylic acids is 1. The number of fused-ring (bicyclic) bond motifs is 1. The van der Waals surface area contributed by atoms with E-state index in [1.54, 1.807) is 27.9 Å². The van der Waals surface area contributed by atoms with Crippen LogP contribution in [-0.2, 0) is 0 Å². The van der Waals surface area contributed by atoms with E-state index < -0.39 is 0 Å². The molecule has 1 saturated heterocycles. The van der Waals surface area contributed by atoms with Crippen molar-refractivity contribution in [1.29, 1.82) is 0 Å². The summed E-state index contributed by atoms with van der Waals surface area (Å²) in [5, 5.41) is 4.37. The van der Waals surface area contributed by atoms with Gasteiger partial charge < -0.3 is 10.6 Å². The maximum absolute atomic E-state index is 12.4. The second kappa shape index (κ2) is 6.41. The van der Waals surface area contributed by atoms with Crippen LogP contribution in [0.2, 0.25) is 0 Å². The summed E-state index contributed by atoms with van der Waals surface area (Å²) < 4.78 is 1.63. The number of amides is 1. The number of aromatic nitrogens is 5. The minimum atomic E-state index is -0.0390. The third-order valence-electron chi connectivity index (χ3n) is 4.83. The molecule has 0 spiro atoms. The van der Waals surface area contributed by atoms with Crippen LogP contribution in [-0.4, -0.2) is 48.5 Å². The lowest BCUT2D eigenvalue weighted by molar-refractivity contribution is 0.0646. The summed E-state index contributed by atoms with van der Waals surface area (Å²) in [6.45, 7) is 1.59. The largest absolute Gasteiger partial charge is 0.382 e. The standard InChI is InChI=1S/C20H17N7O/c21-18-17(15-5-1-2-8-22-15)19-23-11-13(12-27(19)25-18)14-6-3-7-16(24-14)20(28)26-9-4-10-26/h1-3,5-8,11-12H,4,9-10H2,(H2,21,25). The summed E-state index contributed by atoms with van der Waals surface area (Å²) in [7, 11) is 0. The molecule has 4 aromatic heterocycles. The predicted octanol–water partition coefficient (Wildman–Crippen LogP) is 2.28. The molecular weight excluding hydrogens is 354 g/mol. The first kappa shape index (κ1) is 16.4. The molecule has 0 unspecified atom stereocenters. The number of nitrogen functional groups attached to an aromatic ring is 1. The van der Waals surface area contributed by atoms with Crippen molar-refractivity contribution in [1.82, 2.24) is 29.5 Å². The van der Waals surface area contributed by atoms with Gasteiger partial charge in [-0.1, -0.05) is 12.1 Å². The van der Waals surface area contributed by atoms with Crippen LogP contribution in [0, 0.1) is 0 Å². The van der Waals surface area contributed by atoms with Crippen LogP contribution in [0.3, 0.4) is 0 Å². The molecule has 0 saturated carbocycles. The number of rotatable bonds is 3. The Labute approximate surface area is 160 Å². The van der Waals surface area contributed by atoms with Crippen LogP contribution in [0.15, 0.2) is 55.0 Å². The molecule has 0 bridgehead atoms. The molecule has 4 aromatic rings. The summed E-state index contributed by atoms with van der Waals surface area (Å²) in [5.41, 5.74) is 10.00. The minimum absolute atomic E-state index is 0.0390. The van der Waals surface area contributed by atoms with Gasteiger partial charge in [0.15, 0.2) is 11.5 Å². The summed E-state index contributed by atoms with van der Waals surface area (Å²) in [5.74, 6) is 0.320. The van der Waals surface area contributed by atoms with Gasteiger partial charge in [-0.25, -0.2) is 14.5 Å². The highest BCUT2D eigenvalue weighted by atomic mass is 16.2. The van der Waals surface area contributed by atoms with Crippen LogP contribution in [0.25, 0.3) is 28.2 Å². The molecule has 8 nitrogen and oxygen atoms in total. The number of likely N-dealkylation sites (tertiary alicyclic amines) is 1. The second-order valence-electron chi connectivity index (χ2n) is 6.64. The lowest BCUT2D eigenvalue weighted by Crippen LogP contribution is -2.42. The van der Waals surface area contributed by atoms with Crippen LogP contribution in [0.1, 0.15) is 16.9 Å². The van der Waals surface area contributed by atoms with Crippen molar-refractivity contribution in [3.05, 3.63) is 60.7 Å². The smallest absolute Gasteiger partial charge is 0.272 e. The normalized spacial score (nSPS) is 13.5. The van der Waals surface area contributed by atoms with Crippen molar-refractivity contribution in [3.8, 4) is 22.5 Å². The Bertz CT molecular complexity index is 1180. The van der Waals surface area contributed by atoms with Crippen molar-refractivity contribution < 1.29 is 4.79 Å². The average Bonchev–Trinajstić information content (AvgIpc) is 3.02. The molecule has 28 heavy (non-hydrogen) atoms. The summed E-state index contributed by atoms with van der Waals surface area (Å²) in [6.07, 6.45) is 6.27. The fourth-order valence-corrected chi connectivity index (χ4v) is 3.24. The lowest BCUT2D eigenvalue weighted by Gasteiger charge is -2.30. The van der Waals surface area contributed by atoms with E-state index in [1.807, 2.05) is 36.5 Å². The molecule has 1 amide bonds. The van der Waals surface area contributed by atoms with E-state index in [1.165, 1.54) is 0 Å². The van der Waals surface area contributed by atoms with Crippen molar-refractivity contribution in [2.24, 2.45) is 0 Å². The van der Waals surface area contributed by atoms with Crippen molar-refractivity contribution in [3.63, 3.8) is 0 Å². The molecule has 0 radical (unpaired) electrons. The lowest BCUT2D eigenvalue weighted by atomic mass is 10.1. The number of nitrogens with zero attached hydrogens (tertiary/aromatic N) is 6. The van der Waals surface area contributed by atoms with Gasteiger partial charge in [-0.05, 0) is 30.7 Å². The van der Waals surface area contributed by atoms with Gasteiger partial charge in [0, 0.05) is 37.2 Å². The second-order valence-corrected chi connectivity index (χ2v) is 6.64. The van der Waals surface area contributed by atoms with Gasteiger partial charge in [0.25, 0.3) is 5.91 Å². The van der Waals surface area contributed by atoms with Gasteiger partial charge >= 0.3 is 0 Å². The predicted molar refractivity (Wildman–Crippen MR) is 104 cm³/mol. The van der Waals surface area contributed by atoms with Crippen LogP contribution in [0.5, 0.6) is 0 Å². The molecule has 138 valence electrons. The number of hydrogen-bond donors (Lipinski definition) is 1. The Morgan fingerprint density at radius 3 is 2.64 bits per heavy atom. The quantitative estimate of drug-likeness (QED) is 0.593. The molecule has 5 rings (SSSR count). The third-order valence-corrected chi connectivity index (χ3v) is 4.83. The van der Waals surface area contributed by atoms with E-state index in [4.69, 9.17) is 5.73 Å². The monoisotopic (exact) mass is 371 g/mol. The van der Waals surface area contributed by atoms with Crippen LogP contribution >= 0.6 is 0 Å². The zero-order valence-corrected chi connectivity index (χ0v) is 15.0. The van der Waals surface area contributed by atoms with Gasteiger partial charge in [-0.3, -0.25) is 9.78 Å². The van der Waals surface area contributed by atoms with Crippen LogP contribution < -0.4 is 5.73 Å². The van der Waals surface area contributed by atoms with Gasteiger partial charge in [0.1, 0.15) is 5.69 Å². The van der Waals surface area contributed by atoms with E-state index in [9.17, 15) is 4.79 Å². The number of anilines is 1. The minimum Gasteiger partial charge on any atom is -0.382 e. The van der Waals surface area contributed by atoms with Crippen molar-refractivity contribution >= 4 is 17.4 Å². The first-order valence-electron chi connectivity index (χ1n) is 9.03. The fraction of sp³-hybridized carbons (Fsp3) is 0.150. The fourth-order valence-electron chi connectivity index (χ4n) is 3.24. The van der Waals surface area contributed by atoms with E-state index in [0.29, 0.717) is 28.4 Å². The Kier molecular flexibility index (Phi) is 3.75. The Balaban J connectivity index is 1.55. The van der Waals surface area contributed by atoms with Gasteiger partial charge in [0.05, 0.1) is 17.0 Å². The molecule has 0 atom stereocenters. The maximum atomic E-state index is 12.4. The third kappa shape index (κ3) is 2.66. The molecular formula is C20H17N7O. The van der Waals surface area contributed by atoms with Crippen molar-refractivity contribution in [2.75, 3.05) is 18.8 Å². The molecule has 8 heteroatoms. The highest BCUT2D eigenvalue weighted by Crippen LogP contribution is 2.28. The molecule has 1 aliphatic heterocycles. The molecule has 0 aliphatic carbocycles. The number of carbonyl (C=O) groups is 1. The van der Waals surface area contributed by atoms with Crippen molar-refractivity contribution in [2.45, 2.75) is 6.42 Å². The molecule has 1 aliphatic rings. The first-order valence-corrected chi connectivity index (χ1v) is 9.03. The number of pyridine rings is 2. The van der Waals surface area contributed by atoms with Gasteiger partial charge in [0.2, 0.25) is 0 Å². The summed E-state index contributed by atoms with van der Waals surface area (Å²) in [6, 6.07) is 11.0. The zero-order chi connectivity index (χ0) is 19.1. The Morgan fingerprint density at radius 1 is 1.04 bits per heavy atom. The van der Waals surface area contributed by atoms with E-state index in [-0.39, 0.29) is 5.91 Å². The SMILES string of the molecule is Nc1nn2cc(-c3cccc(C(=O)N4CCC4)n3)cnc2c1-c1ccccn1. The number of nitrogens with two attached hydrogens (primary N) is 1. The van der Waals surface area contributed by atoms with Gasteiger partial charge in [-0.15, -0.1) is 5.10 Å². The maximum Gasteiger partial charge on any atom is 0.272 e. The number of hydrogen-bond acceptors (Lipinski definition) is 6. The highest BCUT2D eigenvalue weighted by molar-refractivity contribution is 5.93. The Hall–Kier alpha value is -3.81. The van der Waals surface area contributed by atoms with Gasteiger partial charge in [-0.2, -0.15) is 0 Å². The summed E-state index contributed by atoms with van der Waals surface area (Å²) in [4.78, 5) is 27.6. The van der Waals surface area contributed by atoms with E-state index >= 15 is 0 Å². The molecule has 1 fully saturated rings. The Morgan fingerprint density at radius 2 is 1.89 bits per heavy atom. The van der Waals surface area contributed by atoms with E-state index in [0.717, 1.165) is 30.8 Å². The summed E-state index contributed by atoms with van der Waals surface area (Å²) >= 11 is 0. The highest BCUT2D eigenvalue weighted by Gasteiger charge is 2.23.